The highest BCUT2D eigenvalue weighted by molar-refractivity contribution is 7.81. The molecule has 0 heterocycles. The van der Waals surface area contributed by atoms with E-state index in [0.29, 0.717) is 0 Å². The van der Waals surface area contributed by atoms with Gasteiger partial charge in [0.25, 0.3) is 0 Å². The summed E-state index contributed by atoms with van der Waals surface area (Å²) < 4.78 is 9.34. The SMILES string of the molecule is C=CC(=O)OCC(S)COC(=O)C=C. The molecular formula is C9H12O4S. The number of rotatable bonds is 6. The number of carbonyl (C=O) groups excluding carboxylic acids is 2. The highest BCUT2D eigenvalue weighted by atomic mass is 32.1. The van der Waals surface area contributed by atoms with Gasteiger partial charge in [0.2, 0.25) is 0 Å². The van der Waals surface area contributed by atoms with E-state index in [2.05, 4.69) is 35.3 Å². The lowest BCUT2D eigenvalue weighted by molar-refractivity contribution is -0.139. The number of thiol groups is 1. The van der Waals surface area contributed by atoms with Crippen molar-refractivity contribution in [2.75, 3.05) is 13.2 Å². The maximum Gasteiger partial charge on any atom is 0.330 e. The maximum atomic E-state index is 10.6. The average molecular weight is 216 g/mol. The van der Waals surface area contributed by atoms with Crippen molar-refractivity contribution in [3.63, 3.8) is 0 Å². The molecule has 4 nitrogen and oxygen atoms in total. The Hall–Kier alpha value is -1.23. The van der Waals surface area contributed by atoms with Gasteiger partial charge in [0.15, 0.2) is 0 Å². The van der Waals surface area contributed by atoms with Gasteiger partial charge in [-0.2, -0.15) is 12.6 Å². The minimum atomic E-state index is -0.529. The molecule has 0 aliphatic heterocycles. The van der Waals surface area contributed by atoms with Crippen molar-refractivity contribution in [3.05, 3.63) is 25.3 Å². The monoisotopic (exact) mass is 216 g/mol. The van der Waals surface area contributed by atoms with Gasteiger partial charge < -0.3 is 9.47 Å². The summed E-state index contributed by atoms with van der Waals surface area (Å²) in [5.74, 6) is -1.06. The zero-order valence-corrected chi connectivity index (χ0v) is 8.54. The van der Waals surface area contributed by atoms with E-state index >= 15 is 0 Å². The normalized spacial score (nSPS) is 9.29. The third-order valence-corrected chi connectivity index (χ3v) is 1.47. The minimum Gasteiger partial charge on any atom is -0.461 e. The van der Waals surface area contributed by atoms with Crippen LogP contribution in [-0.2, 0) is 19.1 Å². The van der Waals surface area contributed by atoms with Gasteiger partial charge in [-0.05, 0) is 0 Å². The van der Waals surface area contributed by atoms with Crippen molar-refractivity contribution in [3.8, 4) is 0 Å². The highest BCUT2D eigenvalue weighted by Gasteiger charge is 2.07. The molecule has 78 valence electrons. The standard InChI is InChI=1S/C9H12O4S/c1-3-8(10)12-5-7(14)6-13-9(11)4-2/h3-4,7,14H,1-2,5-6H2. The molecule has 0 unspecified atom stereocenters. The summed E-state index contributed by atoms with van der Waals surface area (Å²) in [7, 11) is 0. The first-order chi connectivity index (χ1) is 6.60. The molecular weight excluding hydrogens is 204 g/mol. The van der Waals surface area contributed by atoms with E-state index < -0.39 is 11.9 Å². The van der Waals surface area contributed by atoms with Crippen LogP contribution in [0.4, 0.5) is 0 Å². The van der Waals surface area contributed by atoms with Crippen molar-refractivity contribution in [2.45, 2.75) is 5.25 Å². The second-order valence-corrected chi connectivity index (χ2v) is 3.05. The predicted molar refractivity (Wildman–Crippen MR) is 55.1 cm³/mol. The number of carbonyl (C=O) groups is 2. The van der Waals surface area contributed by atoms with E-state index in [9.17, 15) is 9.59 Å². The van der Waals surface area contributed by atoms with Crippen LogP contribution in [0.3, 0.4) is 0 Å². The van der Waals surface area contributed by atoms with E-state index in [1.165, 1.54) is 0 Å². The third kappa shape index (κ3) is 6.30. The molecule has 0 aromatic carbocycles. The maximum absolute atomic E-state index is 10.6. The fraction of sp³-hybridized carbons (Fsp3) is 0.333. The molecule has 0 saturated heterocycles. The van der Waals surface area contributed by atoms with Crippen LogP contribution in [0.2, 0.25) is 0 Å². The molecule has 0 aliphatic rings. The summed E-state index contributed by atoms with van der Waals surface area (Å²) in [6.07, 6.45) is 2.10. The van der Waals surface area contributed by atoms with E-state index in [0.717, 1.165) is 12.2 Å². The van der Waals surface area contributed by atoms with Crippen molar-refractivity contribution >= 4 is 24.6 Å². The van der Waals surface area contributed by atoms with Crippen LogP contribution < -0.4 is 0 Å². The van der Waals surface area contributed by atoms with Crippen molar-refractivity contribution in [1.82, 2.24) is 0 Å². The second kappa shape index (κ2) is 7.20. The average Bonchev–Trinajstić information content (AvgIpc) is 2.22. The van der Waals surface area contributed by atoms with Gasteiger partial charge >= 0.3 is 11.9 Å². The molecule has 5 heteroatoms. The zero-order valence-electron chi connectivity index (χ0n) is 7.64. The quantitative estimate of drug-likeness (QED) is 0.404. The van der Waals surface area contributed by atoms with Crippen LogP contribution >= 0.6 is 12.6 Å². The Morgan fingerprint density at radius 2 is 1.50 bits per heavy atom. The third-order valence-electron chi connectivity index (χ3n) is 1.17. The molecule has 0 aromatic rings. The van der Waals surface area contributed by atoms with Crippen LogP contribution in [-0.4, -0.2) is 30.4 Å². The molecule has 0 fully saturated rings. The van der Waals surface area contributed by atoms with Crippen molar-refractivity contribution < 1.29 is 19.1 Å². The van der Waals surface area contributed by atoms with Gasteiger partial charge in [-0.25, -0.2) is 9.59 Å². The molecule has 0 atom stereocenters. The molecule has 0 aliphatic carbocycles. The highest BCUT2D eigenvalue weighted by Crippen LogP contribution is 1.98. The Bertz CT molecular complexity index is 213. The van der Waals surface area contributed by atoms with Crippen LogP contribution in [0.15, 0.2) is 25.3 Å². The molecule has 0 radical (unpaired) electrons. The van der Waals surface area contributed by atoms with Gasteiger partial charge in [0.1, 0.15) is 13.2 Å². The fourth-order valence-electron chi connectivity index (χ4n) is 0.523. The summed E-state index contributed by atoms with van der Waals surface area (Å²) in [6, 6.07) is 0. The van der Waals surface area contributed by atoms with Crippen LogP contribution in [0.25, 0.3) is 0 Å². The Kier molecular flexibility index (Phi) is 6.57. The van der Waals surface area contributed by atoms with Gasteiger partial charge in [-0.15, -0.1) is 0 Å². The van der Waals surface area contributed by atoms with E-state index in [1.807, 2.05) is 0 Å². The smallest absolute Gasteiger partial charge is 0.330 e. The molecule has 0 N–H and O–H groups in total. The minimum absolute atomic E-state index is 0.0678. The van der Waals surface area contributed by atoms with E-state index in [-0.39, 0.29) is 18.5 Å². The van der Waals surface area contributed by atoms with Crippen LogP contribution in [0, 0.1) is 0 Å². The lowest BCUT2D eigenvalue weighted by Gasteiger charge is -2.09. The Balaban J connectivity index is 3.60. The Labute approximate surface area is 88.0 Å². The predicted octanol–water partition coefficient (Wildman–Crippen LogP) is 0.743. The summed E-state index contributed by atoms with van der Waals surface area (Å²) in [5.41, 5.74) is 0. The summed E-state index contributed by atoms with van der Waals surface area (Å²) in [6.45, 7) is 6.59. The molecule has 0 amide bonds. The lowest BCUT2D eigenvalue weighted by Crippen LogP contribution is -2.19. The topological polar surface area (TPSA) is 52.6 Å². The van der Waals surface area contributed by atoms with Crippen LogP contribution in [0.5, 0.6) is 0 Å². The number of esters is 2. The molecule has 0 aromatic heterocycles. The zero-order chi connectivity index (χ0) is 11.0. The Morgan fingerprint density at radius 3 is 1.79 bits per heavy atom. The first-order valence-electron chi connectivity index (χ1n) is 3.86. The largest absolute Gasteiger partial charge is 0.461 e. The van der Waals surface area contributed by atoms with Crippen LogP contribution in [0.1, 0.15) is 0 Å². The summed E-state index contributed by atoms with van der Waals surface area (Å²) in [5, 5.41) is -0.345. The number of hydrogen-bond donors (Lipinski definition) is 1. The van der Waals surface area contributed by atoms with E-state index in [4.69, 9.17) is 0 Å². The molecule has 14 heavy (non-hydrogen) atoms. The second-order valence-electron chi connectivity index (χ2n) is 2.32. The first-order valence-corrected chi connectivity index (χ1v) is 4.38. The van der Waals surface area contributed by atoms with Gasteiger partial charge in [-0.3, -0.25) is 0 Å². The summed E-state index contributed by atoms with van der Waals surface area (Å²) >= 11 is 4.03. The van der Waals surface area contributed by atoms with Crippen molar-refractivity contribution in [2.24, 2.45) is 0 Å². The Morgan fingerprint density at radius 1 is 1.14 bits per heavy atom. The van der Waals surface area contributed by atoms with Gasteiger partial charge in [0, 0.05) is 12.2 Å². The fourth-order valence-corrected chi connectivity index (χ4v) is 0.672. The molecule has 0 bridgehead atoms. The molecule has 0 rings (SSSR count). The molecule has 0 spiro atoms. The molecule has 0 saturated carbocycles. The van der Waals surface area contributed by atoms with Gasteiger partial charge in [-0.1, -0.05) is 13.2 Å². The van der Waals surface area contributed by atoms with Gasteiger partial charge in [0.05, 0.1) is 5.25 Å². The van der Waals surface area contributed by atoms with Crippen molar-refractivity contribution in [1.29, 1.82) is 0 Å². The first kappa shape index (κ1) is 12.8. The lowest BCUT2D eigenvalue weighted by atomic mass is 10.4. The summed E-state index contributed by atoms with van der Waals surface area (Å²) in [4.78, 5) is 21.2. The van der Waals surface area contributed by atoms with E-state index in [1.54, 1.807) is 0 Å². The number of hydrogen-bond acceptors (Lipinski definition) is 5. The number of ether oxygens (including phenoxy) is 2.